The average Bonchev–Trinajstić information content (AvgIpc) is 1.65. The number of amides is 4. The first-order valence-electron chi connectivity index (χ1n) is 53.2. The largest absolute Gasteiger partial charge is 0.321 e. The second-order valence-corrected chi connectivity index (χ2v) is 41.1. The Balaban J connectivity index is 0.000000116. The van der Waals surface area contributed by atoms with Gasteiger partial charge in [-0.05, 0) is 351 Å². The number of H-pyrrole nitrogens is 4. The van der Waals surface area contributed by atoms with E-state index >= 15 is 0 Å². The van der Waals surface area contributed by atoms with E-state index in [1.165, 1.54) is 128 Å². The van der Waals surface area contributed by atoms with E-state index in [0.29, 0.717) is 22.8 Å². The molecule has 0 saturated carbocycles. The first kappa shape index (κ1) is 99.7. The molecule has 8 saturated heterocycles. The normalized spacial score (nSPS) is 16.9. The molecule has 148 heavy (non-hydrogen) atoms. The topological polar surface area (TPSA) is 324 Å². The lowest BCUT2D eigenvalue weighted by Crippen LogP contribution is -2.43. The monoisotopic (exact) mass is 1980 g/mol. The highest BCUT2D eigenvalue weighted by molar-refractivity contribution is 6.15. The van der Waals surface area contributed by atoms with Crippen molar-refractivity contribution in [2.45, 2.75) is 136 Å². The maximum atomic E-state index is 13.3. The van der Waals surface area contributed by atoms with Gasteiger partial charge in [-0.2, -0.15) is 20.4 Å². The number of likely N-dealkylation sites (N-methyl/N-ethyl adjacent to an activating group) is 1. The number of likely N-dealkylation sites (tertiary alicyclic amines) is 6. The van der Waals surface area contributed by atoms with Gasteiger partial charge in [0.2, 0.25) is 0 Å². The van der Waals surface area contributed by atoms with Gasteiger partial charge in [-0.25, -0.2) is 0 Å². The van der Waals surface area contributed by atoms with Gasteiger partial charge in [0.1, 0.15) is 0 Å². The molecule has 30 heteroatoms. The summed E-state index contributed by atoms with van der Waals surface area (Å²) in [5.74, 6) is -0.855. The zero-order valence-electron chi connectivity index (χ0n) is 84.8. The first-order chi connectivity index (χ1) is 72.7. The Kier molecular flexibility index (Phi) is 32.4. The summed E-state index contributed by atoms with van der Waals surface area (Å²) in [5.41, 5.74) is 26.1. The first-order valence-corrected chi connectivity index (χ1v) is 53.2. The Morgan fingerprint density at radius 2 is 0.466 bits per heavy atom. The number of nitrogens with one attached hydrogen (secondary N) is 9. The van der Waals surface area contributed by atoms with E-state index in [0.717, 1.165) is 294 Å². The Bertz CT molecular complexity index is 7050. The van der Waals surface area contributed by atoms with E-state index in [-0.39, 0.29) is 23.6 Å². The highest BCUT2D eigenvalue weighted by Gasteiger charge is 2.27. The molecule has 8 aliphatic heterocycles. The molecule has 0 radical (unpaired) electrons. The van der Waals surface area contributed by atoms with Crippen LogP contribution in [-0.4, -0.2) is 266 Å². The number of hydrogen-bond donors (Lipinski definition) is 9. The number of piperazine rings is 2. The second-order valence-electron chi connectivity index (χ2n) is 41.1. The number of nitrogens with zero attached hydrogens (tertiary/aromatic N) is 17. The molecule has 8 aromatic heterocycles. The van der Waals surface area contributed by atoms with Crippen molar-refractivity contribution in [1.29, 1.82) is 0 Å². The predicted molar refractivity (Wildman–Crippen MR) is 587 cm³/mol. The molecule has 4 amide bonds. The number of piperidine rings is 1. The molecular weight excluding hydrogens is 1850 g/mol. The number of aromatic amines is 4. The molecule has 0 atom stereocenters. The van der Waals surface area contributed by atoms with E-state index in [9.17, 15) is 19.2 Å². The van der Waals surface area contributed by atoms with Crippen LogP contribution in [0.3, 0.4) is 0 Å². The van der Waals surface area contributed by atoms with E-state index in [1.807, 2.05) is 147 Å². The van der Waals surface area contributed by atoms with E-state index in [1.54, 1.807) is 0 Å². The summed E-state index contributed by atoms with van der Waals surface area (Å²) >= 11 is 0. The van der Waals surface area contributed by atoms with Gasteiger partial charge < -0.3 is 31.5 Å². The number of rotatable bonds is 28. The number of hydrogen-bond acceptors (Lipinski definition) is 22. The number of carbonyl (C=O) groups is 4. The summed E-state index contributed by atoms with van der Waals surface area (Å²) in [7, 11) is 2.17. The van der Waals surface area contributed by atoms with Crippen LogP contribution in [0.15, 0.2) is 244 Å². The number of aromatic nitrogens is 12. The fraction of sp³-hybridized carbons (Fsp3) is 0.356. The maximum Gasteiger partial charge on any atom is 0.276 e. The van der Waals surface area contributed by atoms with E-state index < -0.39 is 0 Å². The molecule has 8 aliphatic rings. The lowest BCUT2D eigenvalue weighted by molar-refractivity contribution is 0.101. The van der Waals surface area contributed by atoms with Gasteiger partial charge in [-0.1, -0.05) is 79.2 Å². The minimum Gasteiger partial charge on any atom is -0.321 e. The Hall–Kier alpha value is -14.3. The van der Waals surface area contributed by atoms with E-state index in [2.05, 4.69) is 236 Å². The molecule has 24 rings (SSSR count). The van der Waals surface area contributed by atoms with Crippen LogP contribution >= 0.6 is 0 Å². The molecule has 0 bridgehead atoms. The SMILES string of the molecule is CN1CCN(Cc2cccc(NC(=O)c3n[nH]c4ccc(-c5cncc(CN6CCCC6)c5)cc34)c2)CC1.O=C(Nc1cccc(CN2CCCC2)c1)c1n[nH]c2ccc(-c3cncc(CN4CCCC4)c3)cc12.O=C(Nc1cccc(CN2CCCCC2)c1)c1n[nH]c2ccc(-c3cncc(CN4CCCC4)c3)cc12.O=C(Nc1cccc(CN2CCNCC2)c1)c1n[nH]c2ccc(-c3cncc(CN4CCCC4)c3)cc12. The van der Waals surface area contributed by atoms with E-state index in [4.69, 9.17) is 0 Å². The summed E-state index contributed by atoms with van der Waals surface area (Å²) in [6.07, 6.45) is 32.0. The summed E-state index contributed by atoms with van der Waals surface area (Å²) in [6, 6.07) is 65.6. The van der Waals surface area contributed by atoms with Crippen LogP contribution in [0.4, 0.5) is 22.7 Å². The second kappa shape index (κ2) is 48.1. The molecule has 8 fully saturated rings. The zero-order valence-corrected chi connectivity index (χ0v) is 84.8. The summed E-state index contributed by atoms with van der Waals surface area (Å²) < 4.78 is 0. The molecule has 760 valence electrons. The van der Waals surface area contributed by atoms with Crippen molar-refractivity contribution in [3.8, 4) is 44.5 Å². The van der Waals surface area contributed by atoms with Gasteiger partial charge in [-0.3, -0.25) is 98.7 Å². The molecule has 16 aromatic rings. The quantitative estimate of drug-likeness (QED) is 0.0220. The molecule has 0 aliphatic carbocycles. The summed E-state index contributed by atoms with van der Waals surface area (Å²) in [6.45, 7) is 29.6. The molecule has 9 N–H and O–H groups in total. The van der Waals surface area contributed by atoms with Crippen LogP contribution in [0.2, 0.25) is 0 Å². The Morgan fingerprint density at radius 1 is 0.236 bits per heavy atom. The number of anilines is 4. The van der Waals surface area contributed by atoms with Crippen LogP contribution in [0.25, 0.3) is 88.1 Å². The van der Waals surface area contributed by atoms with Crippen molar-refractivity contribution in [2.75, 3.05) is 159 Å². The third-order valence-electron chi connectivity index (χ3n) is 29.9. The van der Waals surface area contributed by atoms with Crippen LogP contribution in [0, 0.1) is 0 Å². The predicted octanol–water partition coefficient (Wildman–Crippen LogP) is 18.6. The lowest BCUT2D eigenvalue weighted by Gasteiger charge is -2.32. The third-order valence-corrected chi connectivity index (χ3v) is 29.9. The van der Waals surface area contributed by atoms with Crippen LogP contribution in [-0.2, 0) is 52.4 Å². The average molecular weight is 1980 g/mol. The van der Waals surface area contributed by atoms with Gasteiger partial charge in [0.05, 0.1) is 22.1 Å². The van der Waals surface area contributed by atoms with Crippen LogP contribution in [0.5, 0.6) is 0 Å². The van der Waals surface area contributed by atoms with Crippen molar-refractivity contribution in [2.24, 2.45) is 0 Å². The minimum absolute atomic E-state index is 0.209. The molecule has 30 nitrogen and oxygen atoms in total. The van der Waals surface area contributed by atoms with Crippen molar-refractivity contribution >= 4 is 90.0 Å². The fourth-order valence-electron chi connectivity index (χ4n) is 21.9. The van der Waals surface area contributed by atoms with Gasteiger partial charge >= 0.3 is 0 Å². The lowest BCUT2D eigenvalue weighted by atomic mass is 10.0. The molecule has 0 spiro atoms. The van der Waals surface area contributed by atoms with Gasteiger partial charge in [0, 0.05) is 221 Å². The fourth-order valence-corrected chi connectivity index (χ4v) is 21.9. The minimum atomic E-state index is -0.219. The van der Waals surface area contributed by atoms with Crippen molar-refractivity contribution in [1.82, 2.24) is 110 Å². The van der Waals surface area contributed by atoms with Gasteiger partial charge in [0.25, 0.3) is 23.6 Å². The Morgan fingerprint density at radius 3 is 0.723 bits per heavy atom. The number of benzene rings is 8. The molecule has 8 aromatic carbocycles. The number of carbonyl (C=O) groups excluding carboxylic acids is 4. The molecular formula is C118H134N26O4. The van der Waals surface area contributed by atoms with Gasteiger partial charge in [0.15, 0.2) is 22.8 Å². The van der Waals surface area contributed by atoms with Crippen LogP contribution < -0.4 is 26.6 Å². The summed E-state index contributed by atoms with van der Waals surface area (Å²) in [5, 5.41) is 48.3. The van der Waals surface area contributed by atoms with Crippen LogP contribution in [0.1, 0.15) is 170 Å². The molecule has 0 unspecified atom stereocenters. The smallest absolute Gasteiger partial charge is 0.276 e. The van der Waals surface area contributed by atoms with Crippen molar-refractivity contribution in [3.05, 3.63) is 311 Å². The number of pyridine rings is 4. The van der Waals surface area contributed by atoms with Gasteiger partial charge in [-0.15, -0.1) is 0 Å². The standard InChI is InChI=1S/C30H35N7O.C30H34N6O.C29H33N7O.C29H32N6O/c1-35-11-13-37(14-12-35)20-22-5-4-6-26(16-22)32-30(38)29-27-17-24(7-8-28(27)33-34-29)25-15-23(18-31-19-25)21-36-9-2-3-10-36;37-30(32-26-8-6-7-22(16-26)20-35-11-2-1-3-12-35)29-27-17-24(9-10-28(27)33-34-29)25-15-23(18-31-19-25)21-36-13-4-5-14-36;37-29(32-25-5-3-4-21(15-25)19-36-12-8-30-9-13-36)28-26-16-23(6-7-27(26)33-34-28)24-14-22(17-31-18-24)20-35-10-1-2-11-35;36-29(31-25-7-5-6-21(15-25)19-34-10-1-2-11-34)28-26-16-23(8-9-27(26)32-33-28)24-14-22(17-30-18-24)20-35-12-3-4-13-35/h4-8,15-19H,2-3,9-14,20-21H2,1H3,(H,32,38)(H,33,34);6-10,15-19H,1-5,11-14,20-21H2,(H,32,37)(H,33,34);3-7,14-18,30H,1-2,8-13,19-20H2,(H,32,37)(H,33,34);5-9,14-18H,1-4,10-13,19-20H2,(H,31,36)(H,32,33). The van der Waals surface area contributed by atoms with Crippen molar-refractivity contribution < 1.29 is 19.2 Å². The zero-order chi connectivity index (χ0) is 100. The highest BCUT2D eigenvalue weighted by atomic mass is 16.2. The Labute approximate surface area is 864 Å². The third kappa shape index (κ3) is 25.9. The summed E-state index contributed by atoms with van der Waals surface area (Å²) in [4.78, 5) is 93.1. The highest BCUT2D eigenvalue weighted by Crippen LogP contribution is 2.35. The maximum absolute atomic E-state index is 13.3. The number of fused-ring (bicyclic) bond motifs is 4. The molecule has 16 heterocycles. The van der Waals surface area contributed by atoms with Crippen molar-refractivity contribution in [3.63, 3.8) is 0 Å².